The number of likely N-dealkylation sites (N-methyl/N-ethyl adjacent to an activating group) is 1. The number of aryl methyl sites for hydroxylation is 2. The van der Waals surface area contributed by atoms with Crippen LogP contribution in [0.4, 0.5) is 0 Å². The van der Waals surface area contributed by atoms with Gasteiger partial charge in [-0.3, -0.25) is 0 Å². The van der Waals surface area contributed by atoms with Gasteiger partial charge in [-0.1, -0.05) is 32.0 Å². The Kier molecular flexibility index (Phi) is 5.33. The van der Waals surface area contributed by atoms with Gasteiger partial charge in [0.1, 0.15) is 12.4 Å². The van der Waals surface area contributed by atoms with Crippen LogP contribution in [0, 0.1) is 0 Å². The lowest BCUT2D eigenvalue weighted by Gasteiger charge is -2.16. The van der Waals surface area contributed by atoms with Crippen molar-refractivity contribution >= 4 is 0 Å². The first kappa shape index (κ1) is 13.0. The van der Waals surface area contributed by atoms with Crippen molar-refractivity contribution < 1.29 is 4.74 Å². The van der Waals surface area contributed by atoms with E-state index < -0.39 is 0 Å². The van der Waals surface area contributed by atoms with E-state index in [0.717, 1.165) is 31.7 Å². The first-order valence-electron chi connectivity index (χ1n) is 6.07. The van der Waals surface area contributed by atoms with Gasteiger partial charge < -0.3 is 9.64 Å². The molecule has 0 radical (unpaired) electrons. The molecule has 0 saturated heterocycles. The smallest absolute Gasteiger partial charge is 0.125 e. The zero-order chi connectivity index (χ0) is 12.0. The van der Waals surface area contributed by atoms with E-state index in [1.54, 1.807) is 0 Å². The first-order valence-corrected chi connectivity index (χ1v) is 6.07. The fraction of sp³-hybridized carbons (Fsp3) is 0.571. The summed E-state index contributed by atoms with van der Waals surface area (Å²) in [6.45, 7) is 6.07. The molecule has 90 valence electrons. The van der Waals surface area contributed by atoms with Crippen molar-refractivity contribution in [3.8, 4) is 5.75 Å². The molecule has 1 aromatic rings. The molecule has 0 aromatic heterocycles. The molecule has 2 heteroatoms. The molecule has 0 aliphatic carbocycles. The zero-order valence-electron chi connectivity index (χ0n) is 10.9. The Balaban J connectivity index is 2.74. The van der Waals surface area contributed by atoms with E-state index in [0.29, 0.717) is 0 Å². The van der Waals surface area contributed by atoms with Crippen molar-refractivity contribution in [3.63, 3.8) is 0 Å². The van der Waals surface area contributed by atoms with Gasteiger partial charge in [-0.25, -0.2) is 0 Å². The van der Waals surface area contributed by atoms with Crippen LogP contribution in [0.2, 0.25) is 0 Å². The summed E-state index contributed by atoms with van der Waals surface area (Å²) in [6.07, 6.45) is 2.07. The Morgan fingerprint density at radius 1 is 1.06 bits per heavy atom. The highest BCUT2D eigenvalue weighted by Gasteiger charge is 2.07. The maximum atomic E-state index is 5.92. The summed E-state index contributed by atoms with van der Waals surface area (Å²) in [5.74, 6) is 1.11. The minimum absolute atomic E-state index is 0.761. The van der Waals surface area contributed by atoms with Crippen LogP contribution in [0.3, 0.4) is 0 Å². The molecule has 0 atom stereocenters. The monoisotopic (exact) mass is 221 g/mol. The minimum atomic E-state index is 0.761. The molecule has 0 unspecified atom stereocenters. The fourth-order valence-electron chi connectivity index (χ4n) is 1.71. The molecule has 0 N–H and O–H groups in total. The van der Waals surface area contributed by atoms with Crippen LogP contribution < -0.4 is 4.74 Å². The maximum Gasteiger partial charge on any atom is 0.125 e. The van der Waals surface area contributed by atoms with Gasteiger partial charge in [-0.05, 0) is 38.1 Å². The molecule has 0 spiro atoms. The molecule has 1 rings (SSSR count). The van der Waals surface area contributed by atoms with Gasteiger partial charge >= 0.3 is 0 Å². The molecular weight excluding hydrogens is 198 g/mol. The molecule has 0 heterocycles. The number of ether oxygens (including phenoxy) is 1. The zero-order valence-corrected chi connectivity index (χ0v) is 10.9. The molecule has 0 aliphatic heterocycles. The number of rotatable bonds is 6. The average Bonchev–Trinajstić information content (AvgIpc) is 2.28. The Morgan fingerprint density at radius 3 is 2.06 bits per heavy atom. The highest BCUT2D eigenvalue weighted by Crippen LogP contribution is 2.25. The number of nitrogens with zero attached hydrogens (tertiary/aromatic N) is 1. The van der Waals surface area contributed by atoms with Crippen LogP contribution in [-0.4, -0.2) is 32.1 Å². The number of hydrogen-bond acceptors (Lipinski definition) is 2. The van der Waals surface area contributed by atoms with Crippen LogP contribution in [0.25, 0.3) is 0 Å². The van der Waals surface area contributed by atoms with Gasteiger partial charge in [0, 0.05) is 6.54 Å². The molecule has 0 saturated carbocycles. The molecular formula is C14H23NO. The van der Waals surface area contributed by atoms with Gasteiger partial charge in [0.05, 0.1) is 0 Å². The van der Waals surface area contributed by atoms with E-state index >= 15 is 0 Å². The van der Waals surface area contributed by atoms with Gasteiger partial charge in [-0.15, -0.1) is 0 Å². The van der Waals surface area contributed by atoms with Crippen LogP contribution in [0.1, 0.15) is 25.0 Å². The number of benzene rings is 1. The second-order valence-electron chi connectivity index (χ2n) is 4.26. The second-order valence-corrected chi connectivity index (χ2v) is 4.26. The summed E-state index contributed by atoms with van der Waals surface area (Å²) in [4.78, 5) is 2.14. The molecule has 0 amide bonds. The normalized spacial score (nSPS) is 10.8. The number of para-hydroxylation sites is 1. The lowest BCUT2D eigenvalue weighted by atomic mass is 10.1. The highest BCUT2D eigenvalue weighted by molar-refractivity contribution is 5.41. The van der Waals surface area contributed by atoms with Gasteiger partial charge in [0.2, 0.25) is 0 Å². The van der Waals surface area contributed by atoms with Crippen molar-refractivity contribution in [1.29, 1.82) is 0 Å². The van der Waals surface area contributed by atoms with Gasteiger partial charge in [0.15, 0.2) is 0 Å². The lowest BCUT2D eigenvalue weighted by Crippen LogP contribution is -2.20. The molecule has 0 fully saturated rings. The fourth-order valence-corrected chi connectivity index (χ4v) is 1.71. The predicted molar refractivity (Wildman–Crippen MR) is 69.2 cm³/mol. The van der Waals surface area contributed by atoms with Crippen LogP contribution in [0.15, 0.2) is 18.2 Å². The van der Waals surface area contributed by atoms with Gasteiger partial charge in [0.25, 0.3) is 0 Å². The summed E-state index contributed by atoms with van der Waals surface area (Å²) in [5, 5.41) is 0. The van der Waals surface area contributed by atoms with E-state index in [2.05, 4.69) is 51.0 Å². The van der Waals surface area contributed by atoms with E-state index in [1.807, 2.05) is 0 Å². The Bertz CT molecular complexity index is 298. The summed E-state index contributed by atoms with van der Waals surface area (Å²) in [6, 6.07) is 6.44. The Labute approximate surface area is 99.2 Å². The van der Waals surface area contributed by atoms with Crippen molar-refractivity contribution in [2.75, 3.05) is 27.2 Å². The average molecular weight is 221 g/mol. The van der Waals surface area contributed by atoms with Crippen molar-refractivity contribution in [2.24, 2.45) is 0 Å². The maximum absolute atomic E-state index is 5.92. The highest BCUT2D eigenvalue weighted by atomic mass is 16.5. The molecule has 16 heavy (non-hydrogen) atoms. The Hall–Kier alpha value is -1.02. The summed E-state index contributed by atoms with van der Waals surface area (Å²) >= 11 is 0. The predicted octanol–water partition coefficient (Wildman–Crippen LogP) is 2.75. The third-order valence-corrected chi connectivity index (χ3v) is 2.72. The molecule has 0 aliphatic rings. The quantitative estimate of drug-likeness (QED) is 0.732. The van der Waals surface area contributed by atoms with E-state index in [1.165, 1.54) is 11.1 Å². The van der Waals surface area contributed by atoms with Crippen LogP contribution in [-0.2, 0) is 12.8 Å². The summed E-state index contributed by atoms with van der Waals surface area (Å²) < 4.78 is 5.92. The van der Waals surface area contributed by atoms with Crippen LogP contribution >= 0.6 is 0 Å². The third-order valence-electron chi connectivity index (χ3n) is 2.72. The molecule has 0 bridgehead atoms. The van der Waals surface area contributed by atoms with Gasteiger partial charge in [-0.2, -0.15) is 0 Å². The standard InChI is InChI=1S/C14H23NO/c1-5-12-8-7-9-13(6-2)14(12)16-11-10-15(3)4/h7-9H,5-6,10-11H2,1-4H3. The first-order chi connectivity index (χ1) is 7.69. The number of hydrogen-bond donors (Lipinski definition) is 0. The minimum Gasteiger partial charge on any atom is -0.492 e. The van der Waals surface area contributed by atoms with Crippen molar-refractivity contribution in [1.82, 2.24) is 4.90 Å². The lowest BCUT2D eigenvalue weighted by molar-refractivity contribution is 0.258. The molecule has 2 nitrogen and oxygen atoms in total. The van der Waals surface area contributed by atoms with E-state index in [9.17, 15) is 0 Å². The van der Waals surface area contributed by atoms with E-state index in [4.69, 9.17) is 4.74 Å². The Morgan fingerprint density at radius 2 is 1.62 bits per heavy atom. The third kappa shape index (κ3) is 3.53. The largest absolute Gasteiger partial charge is 0.492 e. The topological polar surface area (TPSA) is 12.5 Å². The SMILES string of the molecule is CCc1cccc(CC)c1OCCN(C)C. The van der Waals surface area contributed by atoms with Crippen LogP contribution in [0.5, 0.6) is 5.75 Å². The summed E-state index contributed by atoms with van der Waals surface area (Å²) in [5.41, 5.74) is 2.64. The molecule has 1 aromatic carbocycles. The second kappa shape index (κ2) is 6.54. The van der Waals surface area contributed by atoms with Crippen molar-refractivity contribution in [2.45, 2.75) is 26.7 Å². The summed E-state index contributed by atoms with van der Waals surface area (Å²) in [7, 11) is 4.13. The van der Waals surface area contributed by atoms with Crippen molar-refractivity contribution in [3.05, 3.63) is 29.3 Å². The van der Waals surface area contributed by atoms with E-state index in [-0.39, 0.29) is 0 Å².